The van der Waals surface area contributed by atoms with E-state index in [0.717, 1.165) is 0 Å². The Bertz CT molecular complexity index is 21.6. The molecule has 31 valence electrons. The maximum Gasteiger partial charge on any atom is 0.268 e. The van der Waals surface area contributed by atoms with Crippen molar-refractivity contribution in [2.45, 2.75) is 5.75 Å². The summed E-state index contributed by atoms with van der Waals surface area (Å²) in [5.74, 6) is -1.39. The number of methoxy groups -OCH3 is 1. The molecular formula is C2H4ClO2. The topological polar surface area (TPSA) is 29.1 Å². The second-order valence-corrected chi connectivity index (χ2v) is 0.866. The lowest BCUT2D eigenvalue weighted by molar-refractivity contribution is -0.0558. The van der Waals surface area contributed by atoms with Gasteiger partial charge in [-0.2, -0.15) is 5.11 Å². The fraction of sp³-hybridized carbons (Fsp3) is 1.00. The van der Waals surface area contributed by atoms with Crippen LogP contribution in [0.5, 0.6) is 0 Å². The maximum absolute atomic E-state index is 9.44. The van der Waals surface area contributed by atoms with Crippen LogP contribution in [0.15, 0.2) is 0 Å². The summed E-state index contributed by atoms with van der Waals surface area (Å²) < 4.78 is 3.96. The largest absolute Gasteiger partial charge is 0.341 e. The molecule has 5 heavy (non-hydrogen) atoms. The highest BCUT2D eigenvalue weighted by Crippen LogP contribution is 1.86. The molecule has 0 amide bonds. The predicted octanol–water partition coefficient (Wildman–Crippen LogP) is 0.586. The number of alkyl halides is 1. The summed E-state index contributed by atoms with van der Waals surface area (Å²) in [5.41, 5.74) is 0. The van der Waals surface area contributed by atoms with Gasteiger partial charge in [0.2, 0.25) is 0 Å². The van der Waals surface area contributed by atoms with Crippen molar-refractivity contribution >= 4 is 11.6 Å². The normalized spacial score (nSPS) is 15.0. The summed E-state index contributed by atoms with van der Waals surface area (Å²) in [6.45, 7) is 0. The molecule has 3 heteroatoms. The van der Waals surface area contributed by atoms with E-state index in [1.54, 1.807) is 0 Å². The van der Waals surface area contributed by atoms with Crippen LogP contribution >= 0.6 is 11.6 Å². The molecule has 1 atom stereocenters. The summed E-state index contributed by atoms with van der Waals surface area (Å²) in [6.07, 6.45) is 0. The van der Waals surface area contributed by atoms with Crippen molar-refractivity contribution in [1.29, 1.82) is 0 Å². The number of rotatable bonds is 1. The molecule has 0 N–H and O–H groups in total. The van der Waals surface area contributed by atoms with Gasteiger partial charge >= 0.3 is 0 Å². The van der Waals surface area contributed by atoms with Crippen molar-refractivity contribution in [1.82, 2.24) is 0 Å². The van der Waals surface area contributed by atoms with E-state index >= 15 is 0 Å². The quantitative estimate of drug-likeness (QED) is 0.346. The first-order valence-corrected chi connectivity index (χ1v) is 1.53. The summed E-state index contributed by atoms with van der Waals surface area (Å²) in [7, 11) is 1.25. The molecule has 0 saturated heterocycles. The molecule has 0 aliphatic heterocycles. The summed E-state index contributed by atoms with van der Waals surface area (Å²) in [6, 6.07) is 0. The monoisotopic (exact) mass is 95.0 g/mol. The van der Waals surface area contributed by atoms with Gasteiger partial charge < -0.3 is 4.74 Å². The van der Waals surface area contributed by atoms with Gasteiger partial charge in [-0.1, -0.05) is 11.6 Å². The minimum Gasteiger partial charge on any atom is -0.341 e. The molecule has 0 aromatic rings. The highest BCUT2D eigenvalue weighted by atomic mass is 35.5. The molecule has 0 aromatic carbocycles. The van der Waals surface area contributed by atoms with E-state index in [9.17, 15) is 5.11 Å². The Labute approximate surface area is 35.3 Å². The molecule has 0 aromatic heterocycles. The fourth-order valence-electron chi connectivity index (χ4n) is 0. The van der Waals surface area contributed by atoms with Gasteiger partial charge in [-0.15, -0.1) is 0 Å². The van der Waals surface area contributed by atoms with E-state index in [4.69, 9.17) is 0 Å². The summed E-state index contributed by atoms with van der Waals surface area (Å²) in [5, 5.41) is 9.44. The van der Waals surface area contributed by atoms with E-state index in [1.807, 2.05) is 0 Å². The molecule has 2 nitrogen and oxygen atoms in total. The van der Waals surface area contributed by atoms with Gasteiger partial charge in [0, 0.05) is 7.11 Å². The lowest BCUT2D eigenvalue weighted by Gasteiger charge is -1.87. The molecular weight excluding hydrogens is 91.5 g/mol. The van der Waals surface area contributed by atoms with E-state index < -0.39 is 5.75 Å². The van der Waals surface area contributed by atoms with Crippen molar-refractivity contribution < 1.29 is 9.84 Å². The van der Waals surface area contributed by atoms with E-state index in [2.05, 4.69) is 16.3 Å². The third-order valence-electron chi connectivity index (χ3n) is 0.185. The lowest BCUT2D eigenvalue weighted by Crippen LogP contribution is -1.92. The molecule has 0 aliphatic carbocycles. The highest BCUT2D eigenvalue weighted by Gasteiger charge is 1.87. The first kappa shape index (κ1) is 5.21. The third-order valence-corrected chi connectivity index (χ3v) is 0.363. The summed E-state index contributed by atoms with van der Waals surface area (Å²) >= 11 is 4.68. The molecule has 0 spiro atoms. The second-order valence-electron chi connectivity index (χ2n) is 0.510. The van der Waals surface area contributed by atoms with E-state index in [0.29, 0.717) is 0 Å². The Morgan fingerprint density at radius 1 is 2.00 bits per heavy atom. The van der Waals surface area contributed by atoms with Crippen LogP contribution in [0, 0.1) is 0 Å². The Kier molecular flexibility index (Phi) is 2.55. The molecule has 0 heterocycles. The smallest absolute Gasteiger partial charge is 0.268 e. The van der Waals surface area contributed by atoms with Crippen LogP contribution in [0.2, 0.25) is 0 Å². The molecule has 1 radical (unpaired) electrons. The van der Waals surface area contributed by atoms with Crippen LogP contribution < -0.4 is 0 Å². The van der Waals surface area contributed by atoms with Crippen molar-refractivity contribution in [2.75, 3.05) is 7.11 Å². The first-order chi connectivity index (χ1) is 2.27. The molecule has 0 aliphatic rings. The Balaban J connectivity index is 2.54. The van der Waals surface area contributed by atoms with Crippen LogP contribution in [-0.2, 0) is 9.84 Å². The van der Waals surface area contributed by atoms with Crippen LogP contribution in [-0.4, -0.2) is 12.9 Å². The number of hydrogen-bond donors (Lipinski definition) is 0. The minimum absolute atomic E-state index is 1.25. The van der Waals surface area contributed by atoms with Gasteiger partial charge in [0.15, 0.2) is 0 Å². The zero-order chi connectivity index (χ0) is 4.28. The van der Waals surface area contributed by atoms with Gasteiger partial charge in [0.1, 0.15) is 0 Å². The van der Waals surface area contributed by atoms with Crippen LogP contribution in [0.25, 0.3) is 0 Å². The second kappa shape index (κ2) is 2.45. The van der Waals surface area contributed by atoms with E-state index in [1.165, 1.54) is 7.11 Å². The van der Waals surface area contributed by atoms with Crippen molar-refractivity contribution in [2.24, 2.45) is 0 Å². The molecule has 0 rings (SSSR count). The zero-order valence-electron chi connectivity index (χ0n) is 2.77. The van der Waals surface area contributed by atoms with Gasteiger partial charge in [-0.3, -0.25) is 0 Å². The minimum atomic E-state index is -1.39. The fourth-order valence-corrected chi connectivity index (χ4v) is 0. The van der Waals surface area contributed by atoms with Gasteiger partial charge in [-0.25, -0.2) is 0 Å². The van der Waals surface area contributed by atoms with Crippen molar-refractivity contribution in [3.63, 3.8) is 0 Å². The number of hydrogen-bond acceptors (Lipinski definition) is 1. The van der Waals surface area contributed by atoms with Gasteiger partial charge in [0.05, 0.1) is 0 Å². The molecule has 0 bridgehead atoms. The van der Waals surface area contributed by atoms with Crippen molar-refractivity contribution in [3.05, 3.63) is 0 Å². The number of ether oxygens (including phenoxy) is 1. The average Bonchev–Trinajstić information content (AvgIpc) is 1.38. The van der Waals surface area contributed by atoms with Crippen LogP contribution in [0.4, 0.5) is 0 Å². The maximum atomic E-state index is 9.44. The highest BCUT2D eigenvalue weighted by molar-refractivity contribution is 6.18. The van der Waals surface area contributed by atoms with Crippen LogP contribution in [0.1, 0.15) is 0 Å². The molecule has 1 unspecified atom stereocenters. The Morgan fingerprint density at radius 2 is 2.20 bits per heavy atom. The van der Waals surface area contributed by atoms with Gasteiger partial charge in [-0.05, 0) is 0 Å². The zero-order valence-corrected chi connectivity index (χ0v) is 3.53. The number of halogens is 1. The Hall–Kier alpha value is 0.210. The third kappa shape index (κ3) is 4.21. The van der Waals surface area contributed by atoms with Gasteiger partial charge in [0.25, 0.3) is 5.75 Å². The van der Waals surface area contributed by atoms with Crippen molar-refractivity contribution in [3.8, 4) is 0 Å². The summed E-state index contributed by atoms with van der Waals surface area (Å²) in [4.78, 5) is 0. The van der Waals surface area contributed by atoms with Crippen LogP contribution in [0.3, 0.4) is 0 Å². The van der Waals surface area contributed by atoms with E-state index in [-0.39, 0.29) is 0 Å². The lowest BCUT2D eigenvalue weighted by atomic mass is 11.4. The molecule has 0 saturated carbocycles. The molecule has 0 fully saturated rings. The SMILES string of the molecule is COC([O])Cl. The standard InChI is InChI=1S/C2H4ClO2/c1-5-2(3)4/h2H,1H3. The average molecular weight is 95.5 g/mol. The Morgan fingerprint density at radius 3 is 2.20 bits per heavy atom. The predicted molar refractivity (Wildman–Crippen MR) is 17.3 cm³/mol. The first-order valence-electron chi connectivity index (χ1n) is 1.10.